The molecular weight excluding hydrogens is 260 g/mol. The van der Waals surface area contributed by atoms with E-state index in [4.69, 9.17) is 5.11 Å². The van der Waals surface area contributed by atoms with E-state index in [1.165, 1.54) is 64.2 Å². The van der Waals surface area contributed by atoms with E-state index in [9.17, 15) is 5.11 Å². The van der Waals surface area contributed by atoms with Crippen molar-refractivity contribution in [3.05, 3.63) is 0 Å². The lowest BCUT2D eigenvalue weighted by Gasteiger charge is -2.10. The second-order valence-corrected chi connectivity index (χ2v) is 6.76. The highest BCUT2D eigenvalue weighted by Crippen LogP contribution is 2.14. The van der Waals surface area contributed by atoms with Crippen LogP contribution >= 0.6 is 0 Å². The van der Waals surface area contributed by atoms with Crippen molar-refractivity contribution in [2.75, 3.05) is 0 Å². The van der Waals surface area contributed by atoms with Gasteiger partial charge in [0.05, 0.1) is 12.2 Å². The minimum Gasteiger partial charge on any atom is -0.393 e. The number of aliphatic hydroxyl groups excluding tert-OH is 2. The minimum absolute atomic E-state index is 0.0816. The molecule has 0 aliphatic carbocycles. The van der Waals surface area contributed by atoms with Crippen LogP contribution in [0, 0.1) is 0 Å². The summed E-state index contributed by atoms with van der Waals surface area (Å²) in [7, 11) is 0. The molecule has 2 heteroatoms. The van der Waals surface area contributed by atoms with Crippen molar-refractivity contribution >= 4 is 0 Å². The molecule has 0 bridgehead atoms. The average molecular weight is 301 g/mol. The summed E-state index contributed by atoms with van der Waals surface area (Å²) in [6.45, 7) is 4.11. The highest BCUT2D eigenvalue weighted by molar-refractivity contribution is 4.58. The molecule has 2 atom stereocenters. The summed E-state index contributed by atoms with van der Waals surface area (Å²) in [6, 6.07) is 0. The van der Waals surface area contributed by atoms with Crippen molar-refractivity contribution in [1.29, 1.82) is 0 Å². The fourth-order valence-electron chi connectivity index (χ4n) is 2.83. The van der Waals surface area contributed by atoms with E-state index in [1.807, 2.05) is 6.92 Å². The largest absolute Gasteiger partial charge is 0.393 e. The smallest absolute Gasteiger partial charge is 0.0540 e. The summed E-state index contributed by atoms with van der Waals surface area (Å²) < 4.78 is 0. The lowest BCUT2D eigenvalue weighted by molar-refractivity contribution is 0.146. The first-order valence-corrected chi connectivity index (χ1v) is 9.53. The van der Waals surface area contributed by atoms with Crippen LogP contribution < -0.4 is 0 Å². The molecule has 0 aromatic carbocycles. The molecule has 2 N–H and O–H groups in total. The van der Waals surface area contributed by atoms with Gasteiger partial charge in [-0.15, -0.1) is 0 Å². The Balaban J connectivity index is 3.14. The average Bonchev–Trinajstić information content (AvgIpc) is 2.45. The van der Waals surface area contributed by atoms with Gasteiger partial charge in [-0.1, -0.05) is 84.0 Å². The van der Waals surface area contributed by atoms with Crippen LogP contribution in [0.4, 0.5) is 0 Å². The lowest BCUT2D eigenvalue weighted by Crippen LogP contribution is -2.06. The van der Waals surface area contributed by atoms with Gasteiger partial charge < -0.3 is 10.2 Å². The summed E-state index contributed by atoms with van der Waals surface area (Å²) in [4.78, 5) is 0. The molecule has 128 valence electrons. The van der Waals surface area contributed by atoms with Gasteiger partial charge in [-0.2, -0.15) is 0 Å². The first kappa shape index (κ1) is 20.9. The molecule has 0 saturated carbocycles. The maximum Gasteiger partial charge on any atom is 0.0540 e. The molecule has 0 aromatic heterocycles. The Morgan fingerprint density at radius 1 is 0.571 bits per heavy atom. The van der Waals surface area contributed by atoms with Gasteiger partial charge in [-0.05, 0) is 26.2 Å². The van der Waals surface area contributed by atoms with E-state index in [0.29, 0.717) is 0 Å². The molecule has 0 heterocycles. The second-order valence-electron chi connectivity index (χ2n) is 6.76. The molecule has 0 fully saturated rings. The number of hydrogen-bond acceptors (Lipinski definition) is 2. The maximum atomic E-state index is 9.93. The normalized spacial score (nSPS) is 14.3. The van der Waals surface area contributed by atoms with Crippen molar-refractivity contribution < 1.29 is 10.2 Å². The number of unbranched alkanes of at least 4 members (excludes halogenated alkanes) is 10. The number of hydrogen-bond donors (Lipinski definition) is 2. The molecule has 0 rings (SSSR count). The second kappa shape index (κ2) is 16.3. The van der Waals surface area contributed by atoms with Crippen molar-refractivity contribution in [2.45, 2.75) is 122 Å². The summed E-state index contributed by atoms with van der Waals surface area (Å²) in [5.41, 5.74) is 0. The van der Waals surface area contributed by atoms with E-state index in [0.717, 1.165) is 32.1 Å². The van der Waals surface area contributed by atoms with Crippen LogP contribution in [0.25, 0.3) is 0 Å². The fraction of sp³-hybridized carbons (Fsp3) is 1.00. The molecule has 0 saturated heterocycles. The molecule has 0 spiro atoms. The van der Waals surface area contributed by atoms with Gasteiger partial charge in [-0.25, -0.2) is 0 Å². The van der Waals surface area contributed by atoms with Gasteiger partial charge in [-0.3, -0.25) is 0 Å². The standard InChI is InChI=1S/C19H40O2/c1-3-4-5-6-7-8-9-13-16-19(21)17-14-11-10-12-15-18(2)20/h18-21H,3-17H2,1-2H3. The Labute approximate surface area is 133 Å². The zero-order valence-electron chi connectivity index (χ0n) is 14.7. The Kier molecular flexibility index (Phi) is 16.2. The lowest BCUT2D eigenvalue weighted by atomic mass is 10.0. The first-order chi connectivity index (χ1) is 10.2. The predicted molar refractivity (Wildman–Crippen MR) is 92.6 cm³/mol. The van der Waals surface area contributed by atoms with Gasteiger partial charge in [0.25, 0.3) is 0 Å². The molecule has 0 aliphatic heterocycles. The van der Waals surface area contributed by atoms with Crippen molar-refractivity contribution in [1.82, 2.24) is 0 Å². The Morgan fingerprint density at radius 3 is 1.38 bits per heavy atom. The maximum absolute atomic E-state index is 9.93. The van der Waals surface area contributed by atoms with E-state index >= 15 is 0 Å². The SMILES string of the molecule is CCCCCCCCCCC(O)CCCCCCC(C)O. The van der Waals surface area contributed by atoms with Crippen LogP contribution in [0.2, 0.25) is 0 Å². The van der Waals surface area contributed by atoms with Gasteiger partial charge >= 0.3 is 0 Å². The van der Waals surface area contributed by atoms with Gasteiger partial charge in [0, 0.05) is 0 Å². The first-order valence-electron chi connectivity index (χ1n) is 9.53. The molecule has 0 aliphatic rings. The zero-order valence-corrected chi connectivity index (χ0v) is 14.7. The van der Waals surface area contributed by atoms with Crippen molar-refractivity contribution in [3.63, 3.8) is 0 Å². The summed E-state index contributed by atoms with van der Waals surface area (Å²) in [6.07, 6.45) is 18.0. The van der Waals surface area contributed by atoms with Crippen molar-refractivity contribution in [3.8, 4) is 0 Å². The molecule has 2 nitrogen and oxygen atoms in total. The Bertz CT molecular complexity index is 192. The van der Waals surface area contributed by atoms with Crippen LogP contribution in [-0.2, 0) is 0 Å². The highest BCUT2D eigenvalue weighted by Gasteiger charge is 2.04. The summed E-state index contributed by atoms with van der Waals surface area (Å²) in [5, 5.41) is 19.1. The Hall–Kier alpha value is -0.0800. The number of aliphatic hydroxyl groups is 2. The predicted octanol–water partition coefficient (Wildman–Crippen LogP) is 5.60. The molecule has 0 radical (unpaired) electrons. The topological polar surface area (TPSA) is 40.5 Å². The van der Waals surface area contributed by atoms with Crippen LogP contribution in [-0.4, -0.2) is 22.4 Å². The fourth-order valence-corrected chi connectivity index (χ4v) is 2.83. The van der Waals surface area contributed by atoms with Crippen LogP contribution in [0.5, 0.6) is 0 Å². The van der Waals surface area contributed by atoms with Crippen LogP contribution in [0.1, 0.15) is 110 Å². The van der Waals surface area contributed by atoms with Gasteiger partial charge in [0.1, 0.15) is 0 Å². The molecular formula is C19H40O2. The molecule has 0 amide bonds. The van der Waals surface area contributed by atoms with Crippen LogP contribution in [0.3, 0.4) is 0 Å². The zero-order chi connectivity index (χ0) is 15.8. The Morgan fingerprint density at radius 2 is 0.952 bits per heavy atom. The van der Waals surface area contributed by atoms with E-state index < -0.39 is 0 Å². The van der Waals surface area contributed by atoms with E-state index in [-0.39, 0.29) is 12.2 Å². The van der Waals surface area contributed by atoms with Crippen molar-refractivity contribution in [2.24, 2.45) is 0 Å². The third-order valence-corrected chi connectivity index (χ3v) is 4.30. The van der Waals surface area contributed by atoms with Gasteiger partial charge in [0.15, 0.2) is 0 Å². The third kappa shape index (κ3) is 17.9. The molecule has 0 aromatic rings. The monoisotopic (exact) mass is 300 g/mol. The number of rotatable bonds is 16. The van der Waals surface area contributed by atoms with E-state index in [2.05, 4.69) is 6.92 Å². The highest BCUT2D eigenvalue weighted by atomic mass is 16.3. The summed E-state index contributed by atoms with van der Waals surface area (Å²) >= 11 is 0. The minimum atomic E-state index is -0.155. The van der Waals surface area contributed by atoms with Gasteiger partial charge in [0.2, 0.25) is 0 Å². The van der Waals surface area contributed by atoms with Crippen LogP contribution in [0.15, 0.2) is 0 Å². The van der Waals surface area contributed by atoms with E-state index in [1.54, 1.807) is 0 Å². The summed E-state index contributed by atoms with van der Waals surface area (Å²) in [5.74, 6) is 0. The third-order valence-electron chi connectivity index (χ3n) is 4.30. The molecule has 21 heavy (non-hydrogen) atoms. The quantitative estimate of drug-likeness (QED) is 0.364. The molecule has 2 unspecified atom stereocenters.